The van der Waals surface area contributed by atoms with Crippen LogP contribution in [0.25, 0.3) is 17.7 Å². The number of rotatable bonds is 4. The van der Waals surface area contributed by atoms with Crippen LogP contribution < -0.4 is 0 Å². The normalized spacial score (nSPS) is 17.0. The Morgan fingerprint density at radius 1 is 1.22 bits per heavy atom. The van der Waals surface area contributed by atoms with Crippen molar-refractivity contribution >= 4 is 29.1 Å². The van der Waals surface area contributed by atoms with E-state index in [2.05, 4.69) is 12.1 Å². The quantitative estimate of drug-likeness (QED) is 0.320. The Morgan fingerprint density at radius 3 is 2.38 bits per heavy atom. The Morgan fingerprint density at radius 2 is 1.84 bits per heavy atom. The van der Waals surface area contributed by atoms with Crippen LogP contribution in [0, 0.1) is 47.0 Å². The predicted octanol–water partition coefficient (Wildman–Crippen LogP) is 7.07. The number of aryl methyl sites for hydroxylation is 1. The predicted molar refractivity (Wildman–Crippen MR) is 127 cm³/mol. The summed E-state index contributed by atoms with van der Waals surface area (Å²) in [6, 6.07) is 16.8. The van der Waals surface area contributed by atoms with Crippen molar-refractivity contribution < 1.29 is 38.8 Å². The molecule has 161 valence electrons. The third-order valence-electron chi connectivity index (χ3n) is 4.85. The van der Waals surface area contributed by atoms with Crippen molar-refractivity contribution in [2.45, 2.75) is 47.6 Å². The molecular formula is C26H26N3OSY-. The SMILES string of the molecule is C.C.[2H]c1ccc(/C=C/c2sc(C3=C(C#N)C(=C(C#N)C#N)OC3(C)CC)[c-]c2C)cc1.[Y]. The molecule has 0 N–H and O–H groups in total. The Kier molecular flexibility index (Phi) is 10.8. The van der Waals surface area contributed by atoms with Gasteiger partial charge < -0.3 is 4.74 Å². The summed E-state index contributed by atoms with van der Waals surface area (Å²) in [7, 11) is 0. The molecule has 1 unspecified atom stereocenters. The van der Waals surface area contributed by atoms with Gasteiger partial charge in [0.1, 0.15) is 12.1 Å². The number of thiophene rings is 1. The number of allylic oxidation sites excluding steroid dienone is 2. The van der Waals surface area contributed by atoms with Crippen molar-refractivity contribution in [1.29, 1.82) is 15.8 Å². The van der Waals surface area contributed by atoms with Gasteiger partial charge in [-0.15, -0.1) is 5.56 Å². The fraction of sp³-hybridized carbons (Fsp3) is 0.269. The van der Waals surface area contributed by atoms with Gasteiger partial charge in [0, 0.05) is 32.7 Å². The van der Waals surface area contributed by atoms with Crippen LogP contribution in [0.1, 0.15) is 57.4 Å². The maximum atomic E-state index is 9.81. The second kappa shape index (κ2) is 12.5. The van der Waals surface area contributed by atoms with E-state index in [1.54, 1.807) is 12.1 Å². The van der Waals surface area contributed by atoms with Crippen LogP contribution in [0.2, 0.25) is 0 Å². The molecule has 0 fully saturated rings. The molecule has 4 nitrogen and oxygen atoms in total. The summed E-state index contributed by atoms with van der Waals surface area (Å²) in [5, 5.41) is 28.4. The third-order valence-corrected chi connectivity index (χ3v) is 6.02. The summed E-state index contributed by atoms with van der Waals surface area (Å²) in [6.45, 7) is 5.75. The van der Waals surface area contributed by atoms with Gasteiger partial charge in [-0.25, -0.2) is 11.3 Å². The fourth-order valence-corrected chi connectivity index (χ4v) is 4.30. The van der Waals surface area contributed by atoms with E-state index in [9.17, 15) is 15.8 Å². The summed E-state index contributed by atoms with van der Waals surface area (Å²) in [4.78, 5) is 1.75. The minimum Gasteiger partial charge on any atom is -0.492 e. The summed E-state index contributed by atoms with van der Waals surface area (Å²) < 4.78 is 13.6. The molecule has 0 aliphatic carbocycles. The van der Waals surface area contributed by atoms with Gasteiger partial charge in [0.15, 0.2) is 11.3 Å². The van der Waals surface area contributed by atoms with Crippen LogP contribution >= 0.6 is 11.3 Å². The average molecular weight is 518 g/mol. The van der Waals surface area contributed by atoms with E-state index < -0.39 is 5.60 Å². The van der Waals surface area contributed by atoms with E-state index in [1.165, 1.54) is 11.3 Å². The minimum absolute atomic E-state index is 0. The number of nitrogens with zero attached hydrogens (tertiary/aromatic N) is 3. The van der Waals surface area contributed by atoms with Crippen molar-refractivity contribution in [2.24, 2.45) is 0 Å². The zero-order chi connectivity index (χ0) is 21.9. The monoisotopic (exact) mass is 518 g/mol. The van der Waals surface area contributed by atoms with Gasteiger partial charge >= 0.3 is 0 Å². The molecule has 1 atom stereocenters. The molecule has 0 saturated carbocycles. The number of benzene rings is 1. The average Bonchev–Trinajstić information content (AvgIpc) is 3.25. The van der Waals surface area contributed by atoms with Gasteiger partial charge in [0.05, 0.1) is 18.6 Å². The first-order valence-electron chi connectivity index (χ1n) is 9.53. The molecule has 0 bridgehead atoms. The van der Waals surface area contributed by atoms with Crippen molar-refractivity contribution in [3.63, 3.8) is 0 Å². The summed E-state index contributed by atoms with van der Waals surface area (Å²) in [6.07, 6.45) is 4.52. The largest absolute Gasteiger partial charge is 0.492 e. The van der Waals surface area contributed by atoms with Crippen LogP contribution in [0.4, 0.5) is 0 Å². The summed E-state index contributed by atoms with van der Waals surface area (Å²) >= 11 is 1.49. The number of nitriles is 3. The van der Waals surface area contributed by atoms with E-state index in [0.29, 0.717) is 18.0 Å². The zero-order valence-corrected chi connectivity index (χ0v) is 20.6. The standard InChI is InChI=1S/C24H18N3OS.2CH4.Y/c1-4-24(3)22(19(15-27)23(28-24)18(13-25)14-26)21-12-16(2)20(29-21)11-10-17-8-6-5-7-9-17;;;/h5-11H,4H2,1-3H3;2*1H4;/q-1;;;/b11-10+;;;/i5D;;;. The molecule has 0 spiro atoms. The molecular weight excluding hydrogens is 491 g/mol. The molecule has 1 aromatic carbocycles. The Balaban J connectivity index is 0.00000341. The van der Waals surface area contributed by atoms with Gasteiger partial charge in [0.25, 0.3) is 0 Å². The van der Waals surface area contributed by atoms with E-state index >= 15 is 0 Å². The molecule has 0 amide bonds. The van der Waals surface area contributed by atoms with Gasteiger partial charge in [-0.2, -0.15) is 21.9 Å². The molecule has 1 radical (unpaired) electrons. The van der Waals surface area contributed by atoms with Gasteiger partial charge in [-0.05, 0) is 18.9 Å². The first-order valence-corrected chi connectivity index (χ1v) is 9.85. The maximum absolute atomic E-state index is 9.81. The Bertz CT molecular complexity index is 1200. The Hall–Kier alpha value is -2.49. The van der Waals surface area contributed by atoms with Crippen molar-refractivity contribution in [3.05, 3.63) is 74.2 Å². The van der Waals surface area contributed by atoms with Crippen molar-refractivity contribution in [3.8, 4) is 18.2 Å². The molecule has 6 heteroatoms. The molecule has 32 heavy (non-hydrogen) atoms. The first-order chi connectivity index (χ1) is 14.4. The number of hydrogen-bond acceptors (Lipinski definition) is 5. The zero-order valence-electron chi connectivity index (χ0n) is 17.9. The topological polar surface area (TPSA) is 80.6 Å². The smallest absolute Gasteiger partial charge is 0.171 e. The van der Waals surface area contributed by atoms with Gasteiger partial charge in [0.2, 0.25) is 0 Å². The van der Waals surface area contributed by atoms with Crippen LogP contribution in [0.15, 0.2) is 47.2 Å². The van der Waals surface area contributed by atoms with E-state index in [0.717, 1.165) is 20.9 Å². The molecule has 0 saturated heterocycles. The fourth-order valence-electron chi connectivity index (χ4n) is 3.12. The minimum atomic E-state index is -0.821. The Labute approximate surface area is 222 Å². The van der Waals surface area contributed by atoms with Crippen LogP contribution in [-0.4, -0.2) is 5.60 Å². The van der Waals surface area contributed by atoms with Crippen LogP contribution in [0.5, 0.6) is 0 Å². The van der Waals surface area contributed by atoms with Crippen LogP contribution in [-0.2, 0) is 37.4 Å². The molecule has 1 aromatic heterocycles. The number of hydrogen-bond donors (Lipinski definition) is 0. The van der Waals surface area contributed by atoms with E-state index in [1.807, 2.05) is 57.2 Å². The molecule has 2 aromatic rings. The second-order valence-corrected chi connectivity index (χ2v) is 7.74. The third kappa shape index (κ3) is 5.65. The summed E-state index contributed by atoms with van der Waals surface area (Å²) in [5.41, 5.74) is 1.78. The maximum Gasteiger partial charge on any atom is 0.171 e. The van der Waals surface area contributed by atoms with Crippen molar-refractivity contribution in [1.82, 2.24) is 0 Å². The summed E-state index contributed by atoms with van der Waals surface area (Å²) in [5.74, 6) is 0.0499. The van der Waals surface area contributed by atoms with Crippen molar-refractivity contribution in [2.75, 3.05) is 0 Å². The van der Waals surface area contributed by atoms with E-state index in [4.69, 9.17) is 6.11 Å². The van der Waals surface area contributed by atoms with Gasteiger partial charge in [-0.1, -0.05) is 86.5 Å². The second-order valence-electron chi connectivity index (χ2n) is 6.69. The van der Waals surface area contributed by atoms with Gasteiger partial charge in [-0.3, -0.25) is 0 Å². The first kappa shape index (κ1) is 27.5. The molecule has 1 aliphatic rings. The molecule has 2 heterocycles. The van der Waals surface area contributed by atoms with Crippen LogP contribution in [0.3, 0.4) is 0 Å². The molecule has 3 rings (SSSR count). The van der Waals surface area contributed by atoms with E-state index in [-0.39, 0.29) is 64.5 Å². The molecule has 1 aliphatic heterocycles. The number of ether oxygens (including phenoxy) is 1.